The summed E-state index contributed by atoms with van der Waals surface area (Å²) in [6.07, 6.45) is -1.75. The smallest absolute Gasteiger partial charge is 0.119 e. The van der Waals surface area contributed by atoms with Crippen LogP contribution in [0.15, 0.2) is 24.3 Å². The van der Waals surface area contributed by atoms with Crippen molar-refractivity contribution in [2.45, 2.75) is 25.6 Å². The molecule has 16 heavy (non-hydrogen) atoms. The highest BCUT2D eigenvalue weighted by Crippen LogP contribution is 2.21. The SMILES string of the molecule is CCOc1ccc(C(O)C(O)CCO)cc1. The predicted molar refractivity (Wildman–Crippen MR) is 60.3 cm³/mol. The Balaban J connectivity index is 2.65. The molecule has 0 aliphatic rings. The van der Waals surface area contributed by atoms with E-state index in [0.29, 0.717) is 12.2 Å². The summed E-state index contributed by atoms with van der Waals surface area (Å²) in [6, 6.07) is 6.90. The largest absolute Gasteiger partial charge is 0.494 e. The van der Waals surface area contributed by atoms with Gasteiger partial charge in [0.05, 0.1) is 12.7 Å². The van der Waals surface area contributed by atoms with E-state index in [1.807, 2.05) is 6.92 Å². The molecule has 4 heteroatoms. The molecule has 0 fully saturated rings. The molecule has 0 heterocycles. The first-order chi connectivity index (χ1) is 7.69. The Labute approximate surface area is 95.1 Å². The number of hydrogen-bond donors (Lipinski definition) is 3. The number of benzene rings is 1. The summed E-state index contributed by atoms with van der Waals surface area (Å²) in [5.74, 6) is 0.732. The lowest BCUT2D eigenvalue weighted by Gasteiger charge is -2.17. The molecule has 1 aromatic rings. The van der Waals surface area contributed by atoms with Crippen LogP contribution in [0, 0.1) is 0 Å². The maximum absolute atomic E-state index is 9.74. The zero-order valence-electron chi connectivity index (χ0n) is 9.34. The van der Waals surface area contributed by atoms with Gasteiger partial charge in [-0.1, -0.05) is 12.1 Å². The highest BCUT2D eigenvalue weighted by Gasteiger charge is 2.17. The summed E-state index contributed by atoms with van der Waals surface area (Å²) < 4.78 is 5.26. The normalized spacial score (nSPS) is 14.5. The first-order valence-corrected chi connectivity index (χ1v) is 5.38. The first kappa shape index (κ1) is 13.0. The molecule has 0 bridgehead atoms. The summed E-state index contributed by atoms with van der Waals surface area (Å²) in [7, 11) is 0. The number of aliphatic hydroxyl groups excluding tert-OH is 3. The van der Waals surface area contributed by atoms with E-state index in [-0.39, 0.29) is 13.0 Å². The molecule has 1 rings (SSSR count). The molecular formula is C12H18O4. The fourth-order valence-corrected chi connectivity index (χ4v) is 1.44. The second-order valence-electron chi connectivity index (χ2n) is 3.53. The van der Waals surface area contributed by atoms with Gasteiger partial charge in [0.15, 0.2) is 0 Å². The van der Waals surface area contributed by atoms with E-state index in [9.17, 15) is 10.2 Å². The zero-order valence-corrected chi connectivity index (χ0v) is 9.34. The van der Waals surface area contributed by atoms with Gasteiger partial charge in [0.25, 0.3) is 0 Å². The van der Waals surface area contributed by atoms with Crippen molar-refractivity contribution in [3.8, 4) is 5.75 Å². The van der Waals surface area contributed by atoms with Crippen molar-refractivity contribution >= 4 is 0 Å². The van der Waals surface area contributed by atoms with Gasteiger partial charge in [-0.3, -0.25) is 0 Å². The summed E-state index contributed by atoms with van der Waals surface area (Å²) >= 11 is 0. The third-order valence-electron chi connectivity index (χ3n) is 2.32. The highest BCUT2D eigenvalue weighted by atomic mass is 16.5. The molecule has 0 saturated heterocycles. The van der Waals surface area contributed by atoms with Crippen molar-refractivity contribution < 1.29 is 20.1 Å². The van der Waals surface area contributed by atoms with Crippen molar-refractivity contribution in [1.82, 2.24) is 0 Å². The second-order valence-corrected chi connectivity index (χ2v) is 3.53. The number of hydrogen-bond acceptors (Lipinski definition) is 4. The maximum Gasteiger partial charge on any atom is 0.119 e. The van der Waals surface area contributed by atoms with Crippen LogP contribution in [-0.2, 0) is 0 Å². The third-order valence-corrected chi connectivity index (χ3v) is 2.32. The Morgan fingerprint density at radius 1 is 1.19 bits per heavy atom. The molecule has 1 aromatic carbocycles. The molecule has 4 nitrogen and oxygen atoms in total. The minimum absolute atomic E-state index is 0.144. The Morgan fingerprint density at radius 2 is 1.81 bits per heavy atom. The van der Waals surface area contributed by atoms with Gasteiger partial charge in [0, 0.05) is 6.61 Å². The van der Waals surface area contributed by atoms with Crippen molar-refractivity contribution in [2.24, 2.45) is 0 Å². The Morgan fingerprint density at radius 3 is 2.31 bits per heavy atom. The first-order valence-electron chi connectivity index (χ1n) is 5.38. The Kier molecular flexibility index (Phi) is 5.25. The van der Waals surface area contributed by atoms with Crippen LogP contribution in [0.4, 0.5) is 0 Å². The van der Waals surface area contributed by atoms with E-state index in [2.05, 4.69) is 0 Å². The lowest BCUT2D eigenvalue weighted by Crippen LogP contribution is -2.19. The van der Waals surface area contributed by atoms with E-state index in [0.717, 1.165) is 5.75 Å². The molecule has 0 saturated carbocycles. The standard InChI is InChI=1S/C12H18O4/c1-2-16-10-5-3-9(4-6-10)12(15)11(14)7-8-13/h3-6,11-15H,2,7-8H2,1H3. The van der Waals surface area contributed by atoms with Gasteiger partial charge in [0.2, 0.25) is 0 Å². The lowest BCUT2D eigenvalue weighted by molar-refractivity contribution is 0.00419. The summed E-state index contributed by atoms with van der Waals surface area (Å²) in [5.41, 5.74) is 0.615. The molecular weight excluding hydrogens is 208 g/mol. The van der Waals surface area contributed by atoms with Crippen LogP contribution in [0.2, 0.25) is 0 Å². The fraction of sp³-hybridized carbons (Fsp3) is 0.500. The van der Waals surface area contributed by atoms with Crippen LogP contribution in [-0.4, -0.2) is 34.6 Å². The van der Waals surface area contributed by atoms with Crippen LogP contribution < -0.4 is 4.74 Å². The van der Waals surface area contributed by atoms with Gasteiger partial charge in [-0.05, 0) is 31.0 Å². The van der Waals surface area contributed by atoms with Crippen LogP contribution in [0.3, 0.4) is 0 Å². The minimum Gasteiger partial charge on any atom is -0.494 e. The highest BCUT2D eigenvalue weighted by molar-refractivity contribution is 5.28. The van der Waals surface area contributed by atoms with E-state index in [4.69, 9.17) is 9.84 Å². The second kappa shape index (κ2) is 6.48. The topological polar surface area (TPSA) is 69.9 Å². The van der Waals surface area contributed by atoms with Crippen LogP contribution >= 0.6 is 0 Å². The van der Waals surface area contributed by atoms with Crippen LogP contribution in [0.25, 0.3) is 0 Å². The fourth-order valence-electron chi connectivity index (χ4n) is 1.44. The van der Waals surface area contributed by atoms with Gasteiger partial charge in [-0.2, -0.15) is 0 Å². The van der Waals surface area contributed by atoms with Crippen molar-refractivity contribution in [1.29, 1.82) is 0 Å². The van der Waals surface area contributed by atoms with Gasteiger partial charge in [0.1, 0.15) is 11.9 Å². The van der Waals surface area contributed by atoms with Crippen molar-refractivity contribution in [3.05, 3.63) is 29.8 Å². The van der Waals surface area contributed by atoms with Crippen molar-refractivity contribution in [2.75, 3.05) is 13.2 Å². The Bertz CT molecular complexity index is 296. The molecule has 0 aliphatic carbocycles. The van der Waals surface area contributed by atoms with E-state index < -0.39 is 12.2 Å². The van der Waals surface area contributed by atoms with Crippen LogP contribution in [0.5, 0.6) is 5.75 Å². The van der Waals surface area contributed by atoms with Gasteiger partial charge in [-0.25, -0.2) is 0 Å². The quantitative estimate of drug-likeness (QED) is 0.673. The number of ether oxygens (including phenoxy) is 1. The molecule has 90 valence electrons. The third kappa shape index (κ3) is 3.48. The zero-order chi connectivity index (χ0) is 12.0. The summed E-state index contributed by atoms with van der Waals surface area (Å²) in [4.78, 5) is 0. The summed E-state index contributed by atoms with van der Waals surface area (Å²) in [6.45, 7) is 2.35. The van der Waals surface area contributed by atoms with Crippen molar-refractivity contribution in [3.63, 3.8) is 0 Å². The van der Waals surface area contributed by atoms with Gasteiger partial charge < -0.3 is 20.1 Å². The van der Waals surface area contributed by atoms with E-state index in [1.165, 1.54) is 0 Å². The minimum atomic E-state index is -0.970. The predicted octanol–water partition coefficient (Wildman–Crippen LogP) is 0.862. The molecule has 0 amide bonds. The molecule has 2 atom stereocenters. The van der Waals surface area contributed by atoms with Gasteiger partial charge >= 0.3 is 0 Å². The van der Waals surface area contributed by atoms with Gasteiger partial charge in [-0.15, -0.1) is 0 Å². The average molecular weight is 226 g/mol. The number of rotatable bonds is 6. The molecule has 0 aromatic heterocycles. The molecule has 0 radical (unpaired) electrons. The lowest BCUT2D eigenvalue weighted by atomic mass is 10.0. The number of aliphatic hydroxyl groups is 3. The average Bonchev–Trinajstić information content (AvgIpc) is 2.30. The van der Waals surface area contributed by atoms with E-state index in [1.54, 1.807) is 24.3 Å². The maximum atomic E-state index is 9.74. The molecule has 3 N–H and O–H groups in total. The Hall–Kier alpha value is -1.10. The molecule has 0 aliphatic heterocycles. The van der Waals surface area contributed by atoms with E-state index >= 15 is 0 Å². The summed E-state index contributed by atoms with van der Waals surface area (Å²) in [5, 5.41) is 27.9. The van der Waals surface area contributed by atoms with Crippen LogP contribution in [0.1, 0.15) is 25.0 Å². The molecule has 2 unspecified atom stereocenters. The monoisotopic (exact) mass is 226 g/mol. The molecule has 0 spiro atoms.